The zero-order valence-electron chi connectivity index (χ0n) is 9.83. The molecule has 0 saturated carbocycles. The molecule has 0 radical (unpaired) electrons. The molecule has 0 amide bonds. The fourth-order valence-electron chi connectivity index (χ4n) is 1.62. The Bertz CT molecular complexity index is 594. The molecule has 7 heteroatoms. The van der Waals surface area contributed by atoms with Crippen LogP contribution in [-0.4, -0.2) is 31.3 Å². The molecule has 2 aromatic rings. The van der Waals surface area contributed by atoms with Crippen molar-refractivity contribution in [2.75, 3.05) is 0 Å². The van der Waals surface area contributed by atoms with Gasteiger partial charge in [0.05, 0.1) is 11.3 Å². The molecule has 1 aromatic carbocycles. The van der Waals surface area contributed by atoms with Gasteiger partial charge >= 0.3 is 5.97 Å². The summed E-state index contributed by atoms with van der Waals surface area (Å²) in [6.45, 7) is 3.89. The Labute approximate surface area is 112 Å². The molecule has 0 aliphatic heterocycles. The van der Waals surface area contributed by atoms with Crippen molar-refractivity contribution in [1.82, 2.24) is 20.2 Å². The van der Waals surface area contributed by atoms with Crippen molar-refractivity contribution >= 4 is 21.9 Å². The third kappa shape index (κ3) is 2.13. The number of carbonyl (C=O) groups is 1. The normalized spacial score (nSPS) is 10.9. The Morgan fingerprint density at radius 1 is 1.44 bits per heavy atom. The van der Waals surface area contributed by atoms with Gasteiger partial charge in [-0.05, 0) is 38.5 Å². The first-order chi connectivity index (χ1) is 8.52. The second-order valence-electron chi connectivity index (χ2n) is 4.04. The first-order valence-electron chi connectivity index (χ1n) is 5.32. The van der Waals surface area contributed by atoms with Crippen LogP contribution in [0.5, 0.6) is 0 Å². The second kappa shape index (κ2) is 4.85. The number of halogens is 1. The van der Waals surface area contributed by atoms with Gasteiger partial charge in [0.15, 0.2) is 5.82 Å². The second-order valence-corrected chi connectivity index (χ2v) is 4.90. The summed E-state index contributed by atoms with van der Waals surface area (Å²) in [6.07, 6.45) is 0. The van der Waals surface area contributed by atoms with Crippen LogP contribution >= 0.6 is 15.9 Å². The third-order valence-corrected chi connectivity index (χ3v) is 3.08. The Kier molecular flexibility index (Phi) is 3.42. The molecule has 0 saturated heterocycles. The lowest BCUT2D eigenvalue weighted by molar-refractivity contribution is 0.0696. The fraction of sp³-hybridized carbons (Fsp3) is 0.273. The molecule has 0 atom stereocenters. The van der Waals surface area contributed by atoms with E-state index < -0.39 is 5.97 Å². The molecule has 6 nitrogen and oxygen atoms in total. The van der Waals surface area contributed by atoms with E-state index in [2.05, 4.69) is 31.5 Å². The molecule has 1 aromatic heterocycles. The van der Waals surface area contributed by atoms with E-state index in [0.717, 1.165) is 0 Å². The number of benzene rings is 1. The summed E-state index contributed by atoms with van der Waals surface area (Å²) in [4.78, 5) is 11.2. The van der Waals surface area contributed by atoms with E-state index in [4.69, 9.17) is 0 Å². The maximum atomic E-state index is 11.2. The van der Waals surface area contributed by atoms with Gasteiger partial charge in [-0.2, -0.15) is 4.68 Å². The average molecular weight is 311 g/mol. The van der Waals surface area contributed by atoms with Crippen molar-refractivity contribution in [3.8, 4) is 5.69 Å². The molecular formula is C11H11BrN4O2. The lowest BCUT2D eigenvalue weighted by Crippen LogP contribution is -2.11. The standard InChI is InChI=1S/C11H11BrN4O2/c1-6(2)10-13-14-15-16(10)9-7(11(17)18)4-3-5-8(9)12/h3-6H,1-2H3,(H,17,18). The summed E-state index contributed by atoms with van der Waals surface area (Å²) in [5.74, 6) is -0.311. The number of tetrazole rings is 1. The van der Waals surface area contributed by atoms with Gasteiger partial charge in [-0.25, -0.2) is 4.79 Å². The maximum Gasteiger partial charge on any atom is 0.337 e. The van der Waals surface area contributed by atoms with Crippen LogP contribution in [0, 0.1) is 0 Å². The lowest BCUT2D eigenvalue weighted by Gasteiger charge is -2.11. The monoisotopic (exact) mass is 310 g/mol. The van der Waals surface area contributed by atoms with Gasteiger partial charge in [0.2, 0.25) is 0 Å². The predicted octanol–water partition coefficient (Wildman–Crippen LogP) is 2.25. The number of aromatic nitrogens is 4. The molecule has 0 unspecified atom stereocenters. The van der Waals surface area contributed by atoms with E-state index in [1.54, 1.807) is 12.1 Å². The summed E-state index contributed by atoms with van der Waals surface area (Å²) in [6, 6.07) is 4.94. The van der Waals surface area contributed by atoms with Crippen molar-refractivity contribution in [3.63, 3.8) is 0 Å². The van der Waals surface area contributed by atoms with E-state index >= 15 is 0 Å². The average Bonchev–Trinajstić information content (AvgIpc) is 2.77. The molecule has 1 N–H and O–H groups in total. The highest BCUT2D eigenvalue weighted by Gasteiger charge is 2.20. The van der Waals surface area contributed by atoms with Crippen LogP contribution < -0.4 is 0 Å². The highest BCUT2D eigenvalue weighted by Crippen LogP contribution is 2.26. The SMILES string of the molecule is CC(C)c1nnnn1-c1c(Br)cccc1C(=O)O. The Balaban J connectivity index is 2.70. The molecule has 0 spiro atoms. The van der Waals surface area contributed by atoms with Crippen LogP contribution in [0.1, 0.15) is 35.9 Å². The highest BCUT2D eigenvalue weighted by molar-refractivity contribution is 9.10. The van der Waals surface area contributed by atoms with Crippen LogP contribution in [0.3, 0.4) is 0 Å². The number of rotatable bonds is 3. The van der Waals surface area contributed by atoms with Gasteiger partial charge in [0.25, 0.3) is 0 Å². The molecule has 0 fully saturated rings. The summed E-state index contributed by atoms with van der Waals surface area (Å²) >= 11 is 3.34. The van der Waals surface area contributed by atoms with Crippen molar-refractivity contribution in [2.45, 2.75) is 19.8 Å². The quantitative estimate of drug-likeness (QED) is 0.940. The molecule has 18 heavy (non-hydrogen) atoms. The van der Waals surface area contributed by atoms with Crippen LogP contribution in [0.15, 0.2) is 22.7 Å². The van der Waals surface area contributed by atoms with E-state index in [0.29, 0.717) is 16.0 Å². The lowest BCUT2D eigenvalue weighted by atomic mass is 10.1. The first kappa shape index (κ1) is 12.7. The molecule has 0 aliphatic rings. The van der Waals surface area contributed by atoms with Crippen molar-refractivity contribution in [1.29, 1.82) is 0 Å². The molecule has 0 bridgehead atoms. The molecule has 0 aliphatic carbocycles. The van der Waals surface area contributed by atoms with E-state index in [1.807, 2.05) is 13.8 Å². The van der Waals surface area contributed by atoms with Gasteiger partial charge in [0.1, 0.15) is 0 Å². The maximum absolute atomic E-state index is 11.2. The van der Waals surface area contributed by atoms with Crippen molar-refractivity contribution in [3.05, 3.63) is 34.1 Å². The van der Waals surface area contributed by atoms with Crippen LogP contribution in [0.4, 0.5) is 0 Å². The summed E-state index contributed by atoms with van der Waals surface area (Å²) < 4.78 is 2.09. The topological polar surface area (TPSA) is 80.9 Å². The Morgan fingerprint density at radius 2 is 2.17 bits per heavy atom. The van der Waals surface area contributed by atoms with Gasteiger partial charge in [0, 0.05) is 10.4 Å². The summed E-state index contributed by atoms with van der Waals surface area (Å²) in [5, 5.41) is 20.6. The number of para-hydroxylation sites is 1. The number of hydrogen-bond donors (Lipinski definition) is 1. The van der Waals surface area contributed by atoms with Crippen LogP contribution in [0.2, 0.25) is 0 Å². The summed E-state index contributed by atoms with van der Waals surface area (Å²) in [5.41, 5.74) is 0.595. The van der Waals surface area contributed by atoms with Gasteiger partial charge in [-0.15, -0.1) is 5.10 Å². The number of aromatic carboxylic acids is 1. The number of carboxylic acids is 1. The minimum absolute atomic E-state index is 0.0914. The largest absolute Gasteiger partial charge is 0.478 e. The third-order valence-electron chi connectivity index (χ3n) is 2.44. The van der Waals surface area contributed by atoms with Gasteiger partial charge in [-0.1, -0.05) is 19.9 Å². The van der Waals surface area contributed by atoms with E-state index in [-0.39, 0.29) is 11.5 Å². The number of carboxylic acid groups (broad SMARTS) is 1. The first-order valence-corrected chi connectivity index (χ1v) is 6.12. The number of hydrogen-bond acceptors (Lipinski definition) is 4. The molecule has 2 rings (SSSR count). The van der Waals surface area contributed by atoms with Gasteiger partial charge in [-0.3, -0.25) is 0 Å². The Hall–Kier alpha value is -1.76. The molecular weight excluding hydrogens is 300 g/mol. The predicted molar refractivity (Wildman–Crippen MR) is 67.9 cm³/mol. The molecule has 94 valence electrons. The minimum Gasteiger partial charge on any atom is -0.478 e. The molecule has 1 heterocycles. The highest BCUT2D eigenvalue weighted by atomic mass is 79.9. The smallest absolute Gasteiger partial charge is 0.337 e. The van der Waals surface area contributed by atoms with E-state index in [9.17, 15) is 9.90 Å². The van der Waals surface area contributed by atoms with Crippen molar-refractivity contribution < 1.29 is 9.90 Å². The number of nitrogens with zero attached hydrogens (tertiary/aromatic N) is 4. The van der Waals surface area contributed by atoms with Crippen LogP contribution in [0.25, 0.3) is 5.69 Å². The zero-order valence-corrected chi connectivity index (χ0v) is 11.4. The van der Waals surface area contributed by atoms with Crippen LogP contribution in [-0.2, 0) is 0 Å². The Morgan fingerprint density at radius 3 is 2.78 bits per heavy atom. The van der Waals surface area contributed by atoms with E-state index in [1.165, 1.54) is 10.7 Å². The minimum atomic E-state index is -1.02. The summed E-state index contributed by atoms with van der Waals surface area (Å²) in [7, 11) is 0. The van der Waals surface area contributed by atoms with Crippen molar-refractivity contribution in [2.24, 2.45) is 0 Å². The van der Waals surface area contributed by atoms with Gasteiger partial charge < -0.3 is 5.11 Å². The zero-order chi connectivity index (χ0) is 13.3. The fourth-order valence-corrected chi connectivity index (χ4v) is 2.15.